The van der Waals surface area contributed by atoms with E-state index in [9.17, 15) is 13.6 Å². The normalized spacial score (nSPS) is 21.9. The van der Waals surface area contributed by atoms with Gasteiger partial charge in [0.2, 0.25) is 5.91 Å². The maximum atomic E-state index is 13.0. The van der Waals surface area contributed by atoms with Crippen LogP contribution in [0.5, 0.6) is 0 Å². The minimum Gasteiger partial charge on any atom is -0.330 e. The third-order valence-electron chi connectivity index (χ3n) is 3.62. The highest BCUT2D eigenvalue weighted by Gasteiger charge is 2.29. The van der Waals surface area contributed by atoms with Gasteiger partial charge in [0.25, 0.3) is 0 Å². The van der Waals surface area contributed by atoms with Crippen LogP contribution in [0.3, 0.4) is 0 Å². The zero-order valence-electron chi connectivity index (χ0n) is 11.8. The highest BCUT2D eigenvalue weighted by Crippen LogP contribution is 2.21. The summed E-state index contributed by atoms with van der Waals surface area (Å²) in [4.78, 5) is 13.9. The van der Waals surface area contributed by atoms with Crippen LogP contribution in [0.1, 0.15) is 13.3 Å². The summed E-state index contributed by atoms with van der Waals surface area (Å²) in [7, 11) is 0. The first-order valence-electron chi connectivity index (χ1n) is 6.68. The zero-order valence-corrected chi connectivity index (χ0v) is 12.6. The molecule has 0 bridgehead atoms. The summed E-state index contributed by atoms with van der Waals surface area (Å²) in [5.41, 5.74) is 5.77. The second kappa shape index (κ2) is 7.68. The smallest absolute Gasteiger partial charge is 0.238 e. The van der Waals surface area contributed by atoms with Crippen LogP contribution >= 0.6 is 12.4 Å². The molecule has 1 saturated heterocycles. The summed E-state index contributed by atoms with van der Waals surface area (Å²) in [5.74, 6) is -1.29. The lowest BCUT2D eigenvalue weighted by Crippen LogP contribution is -2.36. The maximum absolute atomic E-state index is 13.0. The Balaban J connectivity index is 0.00000220. The van der Waals surface area contributed by atoms with Crippen LogP contribution in [-0.2, 0) is 4.79 Å². The number of anilines is 1. The lowest BCUT2D eigenvalue weighted by atomic mass is 10.1. The highest BCUT2D eigenvalue weighted by atomic mass is 35.5. The Bertz CT molecular complexity index is 481. The van der Waals surface area contributed by atoms with Gasteiger partial charge in [0.15, 0.2) is 0 Å². The molecule has 1 aromatic rings. The van der Waals surface area contributed by atoms with Gasteiger partial charge in [-0.25, -0.2) is 8.78 Å². The number of likely N-dealkylation sites (tertiary alicyclic amines) is 1. The van der Waals surface area contributed by atoms with Gasteiger partial charge in [-0.3, -0.25) is 9.69 Å². The fraction of sp³-hybridized carbons (Fsp3) is 0.500. The lowest BCUT2D eigenvalue weighted by Gasteiger charge is -2.20. The Kier molecular flexibility index (Phi) is 6.51. The van der Waals surface area contributed by atoms with Gasteiger partial charge < -0.3 is 11.1 Å². The Hall–Kier alpha value is -1.24. The van der Waals surface area contributed by atoms with Gasteiger partial charge in [0.05, 0.1) is 6.54 Å². The van der Waals surface area contributed by atoms with Crippen molar-refractivity contribution in [3.05, 3.63) is 29.8 Å². The average molecular weight is 320 g/mol. The van der Waals surface area contributed by atoms with Gasteiger partial charge in [-0.1, -0.05) is 0 Å². The van der Waals surface area contributed by atoms with Crippen molar-refractivity contribution in [3.8, 4) is 0 Å². The van der Waals surface area contributed by atoms with Crippen LogP contribution in [0.4, 0.5) is 14.5 Å². The van der Waals surface area contributed by atoms with Crippen molar-refractivity contribution in [2.75, 3.05) is 25.0 Å². The second-order valence-corrected chi connectivity index (χ2v) is 5.32. The Morgan fingerprint density at radius 1 is 1.38 bits per heavy atom. The summed E-state index contributed by atoms with van der Waals surface area (Å²) in [5, 5.41) is 2.51. The maximum Gasteiger partial charge on any atom is 0.238 e. The number of carbonyl (C=O) groups excluding carboxylic acids is 1. The number of rotatable bonds is 4. The number of nitrogens with zero attached hydrogens (tertiary/aromatic N) is 1. The number of benzene rings is 1. The van der Waals surface area contributed by atoms with Crippen LogP contribution in [-0.4, -0.2) is 36.5 Å². The van der Waals surface area contributed by atoms with Crippen LogP contribution in [0.2, 0.25) is 0 Å². The number of amides is 1. The molecule has 1 aliphatic rings. The molecule has 1 heterocycles. The number of carbonyl (C=O) groups is 1. The van der Waals surface area contributed by atoms with Crippen LogP contribution in [0, 0.1) is 17.6 Å². The van der Waals surface area contributed by atoms with Gasteiger partial charge in [-0.15, -0.1) is 12.4 Å². The topological polar surface area (TPSA) is 58.4 Å². The molecule has 2 atom stereocenters. The highest BCUT2D eigenvalue weighted by molar-refractivity contribution is 5.92. The summed E-state index contributed by atoms with van der Waals surface area (Å²) < 4.78 is 26.1. The molecule has 1 aliphatic heterocycles. The van der Waals surface area contributed by atoms with Crippen LogP contribution < -0.4 is 11.1 Å². The van der Waals surface area contributed by atoms with Crippen LogP contribution in [0.15, 0.2) is 18.2 Å². The van der Waals surface area contributed by atoms with E-state index in [0.717, 1.165) is 31.2 Å². The van der Waals surface area contributed by atoms with Gasteiger partial charge in [-0.2, -0.15) is 0 Å². The quantitative estimate of drug-likeness (QED) is 0.892. The SMILES string of the molecule is CC1CC(CN)CN1CC(=O)Nc1cc(F)cc(F)c1.Cl. The van der Waals surface area contributed by atoms with Crippen molar-refractivity contribution >= 4 is 24.0 Å². The van der Waals surface area contributed by atoms with E-state index in [1.807, 2.05) is 11.8 Å². The summed E-state index contributed by atoms with van der Waals surface area (Å²) in [6, 6.07) is 3.25. The van der Waals surface area contributed by atoms with E-state index in [1.165, 1.54) is 0 Å². The van der Waals surface area contributed by atoms with Gasteiger partial charge >= 0.3 is 0 Å². The number of halogens is 3. The van der Waals surface area contributed by atoms with Gasteiger partial charge in [-0.05, 0) is 37.9 Å². The molecule has 1 aromatic carbocycles. The molecular weight excluding hydrogens is 300 g/mol. The predicted molar refractivity (Wildman–Crippen MR) is 80.4 cm³/mol. The fourth-order valence-corrected chi connectivity index (χ4v) is 2.62. The molecule has 0 aliphatic carbocycles. The molecule has 0 spiro atoms. The molecule has 2 rings (SSSR count). The minimum atomic E-state index is -0.710. The van der Waals surface area contributed by atoms with Crippen molar-refractivity contribution < 1.29 is 13.6 Å². The van der Waals surface area contributed by atoms with Gasteiger partial charge in [0, 0.05) is 24.3 Å². The van der Waals surface area contributed by atoms with Crippen molar-refractivity contribution in [1.82, 2.24) is 4.90 Å². The molecule has 7 heteroatoms. The van der Waals surface area contributed by atoms with Gasteiger partial charge in [0.1, 0.15) is 11.6 Å². The molecule has 3 N–H and O–H groups in total. The lowest BCUT2D eigenvalue weighted by molar-refractivity contribution is -0.117. The number of nitrogens with one attached hydrogen (secondary N) is 1. The third kappa shape index (κ3) is 4.91. The molecule has 0 saturated carbocycles. The largest absolute Gasteiger partial charge is 0.330 e. The Labute approximate surface area is 129 Å². The van der Waals surface area contributed by atoms with Crippen molar-refractivity contribution in [2.45, 2.75) is 19.4 Å². The standard InChI is InChI=1S/C14H19F2N3O.ClH/c1-9-2-10(6-17)7-19(9)8-14(20)18-13-4-11(15)3-12(16)5-13;/h3-5,9-10H,2,6-8,17H2,1H3,(H,18,20);1H. The van der Waals surface area contributed by atoms with E-state index in [-0.39, 0.29) is 30.5 Å². The number of hydrogen-bond acceptors (Lipinski definition) is 3. The summed E-state index contributed by atoms with van der Waals surface area (Å²) in [6.07, 6.45) is 0.971. The zero-order chi connectivity index (χ0) is 14.7. The Morgan fingerprint density at radius 3 is 2.52 bits per heavy atom. The molecule has 21 heavy (non-hydrogen) atoms. The molecule has 4 nitrogen and oxygen atoms in total. The molecule has 0 radical (unpaired) electrons. The van der Waals surface area contributed by atoms with E-state index in [0.29, 0.717) is 18.5 Å². The van der Waals surface area contributed by atoms with Crippen LogP contribution in [0.25, 0.3) is 0 Å². The summed E-state index contributed by atoms with van der Waals surface area (Å²) in [6.45, 7) is 3.64. The van der Waals surface area contributed by atoms with E-state index >= 15 is 0 Å². The molecule has 1 amide bonds. The Morgan fingerprint density at radius 2 is 2.00 bits per heavy atom. The second-order valence-electron chi connectivity index (χ2n) is 5.32. The molecule has 0 aromatic heterocycles. The minimum absolute atomic E-state index is 0. The predicted octanol–water partition coefficient (Wildman–Crippen LogP) is 1.99. The molecular formula is C14H20ClF2N3O. The molecule has 118 valence electrons. The number of hydrogen-bond donors (Lipinski definition) is 2. The third-order valence-corrected chi connectivity index (χ3v) is 3.62. The van der Waals surface area contributed by atoms with E-state index in [4.69, 9.17) is 5.73 Å². The first-order chi connectivity index (χ1) is 9.47. The first-order valence-corrected chi connectivity index (χ1v) is 6.68. The molecule has 1 fully saturated rings. The van der Waals surface area contributed by atoms with Crippen molar-refractivity contribution in [1.29, 1.82) is 0 Å². The first kappa shape index (κ1) is 17.8. The van der Waals surface area contributed by atoms with E-state index in [1.54, 1.807) is 0 Å². The van der Waals surface area contributed by atoms with E-state index < -0.39 is 11.6 Å². The monoisotopic (exact) mass is 319 g/mol. The molecule has 2 unspecified atom stereocenters. The van der Waals surface area contributed by atoms with Crippen molar-refractivity contribution in [3.63, 3.8) is 0 Å². The van der Waals surface area contributed by atoms with E-state index in [2.05, 4.69) is 5.32 Å². The summed E-state index contributed by atoms with van der Waals surface area (Å²) >= 11 is 0. The average Bonchev–Trinajstić information content (AvgIpc) is 2.68. The fourth-order valence-electron chi connectivity index (χ4n) is 2.62. The number of nitrogens with two attached hydrogens (primary N) is 1. The van der Waals surface area contributed by atoms with Crippen molar-refractivity contribution in [2.24, 2.45) is 11.7 Å².